The Balaban J connectivity index is 3.31. The molecule has 0 bridgehead atoms. The van der Waals surface area contributed by atoms with Crippen LogP contribution in [0.1, 0.15) is 26.3 Å². The first kappa shape index (κ1) is 15.9. The van der Waals surface area contributed by atoms with Crippen molar-refractivity contribution in [1.29, 1.82) is 0 Å². The van der Waals surface area contributed by atoms with Crippen molar-refractivity contribution in [2.75, 3.05) is 4.72 Å². The van der Waals surface area contributed by atoms with Crippen LogP contribution in [0.15, 0.2) is 23.1 Å². The number of nitrogens with one attached hydrogen (secondary N) is 1. The minimum Gasteiger partial charge on any atom is -0.283 e. The van der Waals surface area contributed by atoms with Crippen LogP contribution in [0.25, 0.3) is 0 Å². The Morgan fingerprint density at radius 1 is 1.11 bits per heavy atom. The smallest absolute Gasteiger partial charge is 0.238 e. The Kier molecular flexibility index (Phi) is 4.00. The molecular formula is C11H18N2O4S2. The first-order valence-electron chi connectivity index (χ1n) is 5.50. The van der Waals surface area contributed by atoms with Crippen LogP contribution in [0, 0.1) is 6.92 Å². The summed E-state index contributed by atoms with van der Waals surface area (Å²) in [5, 5.41) is 5.02. The molecule has 8 heteroatoms. The number of benzene rings is 1. The molecule has 0 saturated heterocycles. The van der Waals surface area contributed by atoms with Crippen LogP contribution in [0.5, 0.6) is 0 Å². The van der Waals surface area contributed by atoms with Crippen molar-refractivity contribution in [2.45, 2.75) is 37.3 Å². The third kappa shape index (κ3) is 3.68. The number of sulfonamides is 2. The van der Waals surface area contributed by atoms with Crippen LogP contribution in [-0.2, 0) is 20.0 Å². The lowest BCUT2D eigenvalue weighted by atomic mass is 10.2. The van der Waals surface area contributed by atoms with Crippen LogP contribution < -0.4 is 9.86 Å². The van der Waals surface area contributed by atoms with E-state index in [1.165, 1.54) is 18.2 Å². The van der Waals surface area contributed by atoms with Crippen molar-refractivity contribution in [2.24, 2.45) is 5.14 Å². The number of anilines is 1. The Morgan fingerprint density at radius 3 is 2.05 bits per heavy atom. The van der Waals surface area contributed by atoms with Gasteiger partial charge >= 0.3 is 0 Å². The zero-order valence-corrected chi connectivity index (χ0v) is 12.9. The van der Waals surface area contributed by atoms with E-state index >= 15 is 0 Å². The maximum Gasteiger partial charge on any atom is 0.238 e. The highest BCUT2D eigenvalue weighted by atomic mass is 32.2. The molecule has 1 aromatic carbocycles. The Morgan fingerprint density at radius 2 is 1.63 bits per heavy atom. The van der Waals surface area contributed by atoms with Gasteiger partial charge in [0.1, 0.15) is 0 Å². The fraction of sp³-hybridized carbons (Fsp3) is 0.455. The lowest BCUT2D eigenvalue weighted by molar-refractivity contribution is 0.566. The third-order valence-electron chi connectivity index (χ3n) is 2.59. The van der Waals surface area contributed by atoms with Crippen LogP contribution in [0.4, 0.5) is 5.69 Å². The molecule has 0 atom stereocenters. The lowest BCUT2D eigenvalue weighted by Crippen LogP contribution is -2.34. The summed E-state index contributed by atoms with van der Waals surface area (Å²) in [6, 6.07) is 4.05. The summed E-state index contributed by atoms with van der Waals surface area (Å²) in [5.74, 6) is 0. The van der Waals surface area contributed by atoms with Crippen molar-refractivity contribution in [1.82, 2.24) is 0 Å². The lowest BCUT2D eigenvalue weighted by Gasteiger charge is -2.21. The van der Waals surface area contributed by atoms with Gasteiger partial charge in [0.2, 0.25) is 20.0 Å². The number of aryl methyl sites for hydroxylation is 1. The summed E-state index contributed by atoms with van der Waals surface area (Å²) in [4.78, 5) is -0.135. The second kappa shape index (κ2) is 4.77. The molecule has 1 rings (SSSR count). The highest BCUT2D eigenvalue weighted by Crippen LogP contribution is 2.24. The van der Waals surface area contributed by atoms with Gasteiger partial charge in [0, 0.05) is 0 Å². The SMILES string of the molecule is Cc1ccc(S(N)(=O)=O)cc1NS(=O)(=O)C(C)(C)C. The van der Waals surface area contributed by atoms with Gasteiger partial charge in [0.05, 0.1) is 15.3 Å². The minimum absolute atomic E-state index is 0.135. The van der Waals surface area contributed by atoms with E-state index in [9.17, 15) is 16.8 Å². The van der Waals surface area contributed by atoms with Crippen molar-refractivity contribution < 1.29 is 16.8 Å². The van der Waals surface area contributed by atoms with Gasteiger partial charge in [-0.1, -0.05) is 6.07 Å². The van der Waals surface area contributed by atoms with E-state index in [0.29, 0.717) is 5.56 Å². The predicted octanol–water partition coefficient (Wildman–Crippen LogP) is 1.18. The van der Waals surface area contributed by atoms with E-state index < -0.39 is 24.8 Å². The molecule has 0 heterocycles. The zero-order chi connectivity index (χ0) is 15.1. The van der Waals surface area contributed by atoms with Crippen molar-refractivity contribution in [3.8, 4) is 0 Å². The number of rotatable bonds is 3. The van der Waals surface area contributed by atoms with Gasteiger partial charge in [-0.25, -0.2) is 22.0 Å². The summed E-state index contributed by atoms with van der Waals surface area (Å²) in [7, 11) is -7.49. The van der Waals surface area contributed by atoms with Gasteiger partial charge in [-0.05, 0) is 45.4 Å². The van der Waals surface area contributed by atoms with Gasteiger partial charge in [-0.3, -0.25) is 4.72 Å². The quantitative estimate of drug-likeness (QED) is 0.874. The number of hydrogen-bond acceptors (Lipinski definition) is 4. The van der Waals surface area contributed by atoms with E-state index in [-0.39, 0.29) is 10.6 Å². The summed E-state index contributed by atoms with van der Waals surface area (Å²) in [6.07, 6.45) is 0. The minimum atomic E-state index is -3.87. The van der Waals surface area contributed by atoms with Gasteiger partial charge in [0.15, 0.2) is 0 Å². The molecule has 0 fully saturated rings. The molecule has 6 nitrogen and oxygen atoms in total. The molecule has 0 spiro atoms. The fourth-order valence-corrected chi connectivity index (χ4v) is 2.54. The number of nitrogens with two attached hydrogens (primary N) is 1. The molecule has 0 radical (unpaired) electrons. The molecular weight excluding hydrogens is 288 g/mol. The van der Waals surface area contributed by atoms with Crippen molar-refractivity contribution in [3.05, 3.63) is 23.8 Å². The van der Waals surface area contributed by atoms with Gasteiger partial charge < -0.3 is 0 Å². The molecule has 0 amide bonds. The summed E-state index contributed by atoms with van der Waals surface area (Å²) < 4.78 is 48.0. The summed E-state index contributed by atoms with van der Waals surface area (Å²) >= 11 is 0. The average Bonchev–Trinajstić information content (AvgIpc) is 2.17. The van der Waals surface area contributed by atoms with E-state index in [2.05, 4.69) is 4.72 Å². The molecule has 0 saturated carbocycles. The Labute approximate surface area is 114 Å². The highest BCUT2D eigenvalue weighted by Gasteiger charge is 2.29. The van der Waals surface area contributed by atoms with Crippen LogP contribution in [0.3, 0.4) is 0 Å². The molecule has 0 aromatic heterocycles. The van der Waals surface area contributed by atoms with Gasteiger partial charge in [-0.15, -0.1) is 0 Å². The van der Waals surface area contributed by atoms with Crippen molar-refractivity contribution >= 4 is 25.7 Å². The maximum absolute atomic E-state index is 12.0. The van der Waals surface area contributed by atoms with E-state index in [0.717, 1.165) is 0 Å². The molecule has 0 aliphatic rings. The topological polar surface area (TPSA) is 106 Å². The largest absolute Gasteiger partial charge is 0.283 e. The number of hydrogen-bond donors (Lipinski definition) is 2. The van der Waals surface area contributed by atoms with Gasteiger partial charge in [0.25, 0.3) is 0 Å². The van der Waals surface area contributed by atoms with E-state index in [1.54, 1.807) is 27.7 Å². The normalized spacial score (nSPS) is 13.3. The fourth-order valence-electron chi connectivity index (χ4n) is 1.19. The average molecular weight is 306 g/mol. The van der Waals surface area contributed by atoms with Crippen molar-refractivity contribution in [3.63, 3.8) is 0 Å². The second-order valence-corrected chi connectivity index (χ2v) is 9.24. The molecule has 3 N–H and O–H groups in total. The van der Waals surface area contributed by atoms with Crippen LogP contribution >= 0.6 is 0 Å². The molecule has 0 aliphatic heterocycles. The molecule has 19 heavy (non-hydrogen) atoms. The van der Waals surface area contributed by atoms with E-state index in [1.807, 2.05) is 0 Å². The second-order valence-electron chi connectivity index (χ2n) is 5.24. The predicted molar refractivity (Wildman–Crippen MR) is 74.8 cm³/mol. The maximum atomic E-state index is 12.0. The molecule has 0 aliphatic carbocycles. The van der Waals surface area contributed by atoms with Crippen LogP contribution in [0.2, 0.25) is 0 Å². The third-order valence-corrected chi connectivity index (χ3v) is 5.60. The summed E-state index contributed by atoms with van der Waals surface area (Å²) in [6.45, 7) is 6.32. The molecule has 0 unspecified atom stereocenters. The first-order valence-corrected chi connectivity index (χ1v) is 8.53. The zero-order valence-electron chi connectivity index (χ0n) is 11.3. The standard InChI is InChI=1S/C11H18N2O4S2/c1-8-5-6-9(18(12,14)15)7-10(8)13-19(16,17)11(2,3)4/h5-7,13H,1-4H3,(H2,12,14,15). The highest BCUT2D eigenvalue weighted by molar-refractivity contribution is 7.94. The summed E-state index contributed by atoms with van der Waals surface area (Å²) in [5.41, 5.74) is 0.821. The van der Waals surface area contributed by atoms with Crippen LogP contribution in [-0.4, -0.2) is 21.6 Å². The molecule has 1 aromatic rings. The Hall–Kier alpha value is -1.12. The van der Waals surface area contributed by atoms with E-state index in [4.69, 9.17) is 5.14 Å². The number of primary sulfonamides is 1. The Bertz CT molecular complexity index is 686. The first-order chi connectivity index (χ1) is 8.34. The van der Waals surface area contributed by atoms with Gasteiger partial charge in [-0.2, -0.15) is 0 Å². The molecule has 108 valence electrons. The monoisotopic (exact) mass is 306 g/mol.